The molecule has 4 nitrogen and oxygen atoms in total. The Morgan fingerprint density at radius 3 is 2.96 bits per heavy atom. The molecular weight excluding hydrogens is 306 g/mol. The summed E-state index contributed by atoms with van der Waals surface area (Å²) >= 11 is 1.61. The first kappa shape index (κ1) is 16.1. The molecule has 3 rings (SSSR count). The topological polar surface area (TPSA) is 45.2 Å². The molecule has 5 heteroatoms. The third-order valence-electron chi connectivity index (χ3n) is 4.20. The number of nitrogens with one attached hydrogen (secondary N) is 1. The summed E-state index contributed by atoms with van der Waals surface area (Å²) in [5.41, 5.74) is 4.03. The summed E-state index contributed by atoms with van der Waals surface area (Å²) in [6.45, 7) is 9.36. The number of rotatable bonds is 4. The zero-order chi connectivity index (χ0) is 16.4. The van der Waals surface area contributed by atoms with E-state index >= 15 is 0 Å². The molecule has 2 aromatic rings. The van der Waals surface area contributed by atoms with Crippen LogP contribution in [0.3, 0.4) is 0 Å². The van der Waals surface area contributed by atoms with E-state index in [1.165, 1.54) is 16.9 Å². The van der Waals surface area contributed by atoms with E-state index in [4.69, 9.17) is 0 Å². The van der Waals surface area contributed by atoms with Crippen molar-refractivity contribution >= 4 is 22.4 Å². The van der Waals surface area contributed by atoms with Gasteiger partial charge in [0.1, 0.15) is 0 Å². The second kappa shape index (κ2) is 6.81. The van der Waals surface area contributed by atoms with Gasteiger partial charge in [-0.05, 0) is 38.4 Å². The van der Waals surface area contributed by atoms with E-state index in [1.807, 2.05) is 32.0 Å². The number of aryl methyl sites for hydroxylation is 2. The molecule has 0 unspecified atom stereocenters. The van der Waals surface area contributed by atoms with Gasteiger partial charge in [0.15, 0.2) is 5.13 Å². The Balaban J connectivity index is 1.73. The Morgan fingerprint density at radius 1 is 1.39 bits per heavy atom. The van der Waals surface area contributed by atoms with E-state index in [0.717, 1.165) is 48.0 Å². The summed E-state index contributed by atoms with van der Waals surface area (Å²) in [6, 6.07) is 5.89. The molecule has 0 fully saturated rings. The predicted molar refractivity (Wildman–Crippen MR) is 95.3 cm³/mol. The molecule has 2 heterocycles. The molecule has 122 valence electrons. The number of hydrogen-bond acceptors (Lipinski definition) is 4. The first-order valence-corrected chi connectivity index (χ1v) is 8.98. The van der Waals surface area contributed by atoms with Gasteiger partial charge in [-0.3, -0.25) is 15.0 Å². The van der Waals surface area contributed by atoms with Gasteiger partial charge < -0.3 is 0 Å². The largest absolute Gasteiger partial charge is 0.298 e. The van der Waals surface area contributed by atoms with Crippen molar-refractivity contribution in [1.82, 2.24) is 9.88 Å². The van der Waals surface area contributed by atoms with Crippen LogP contribution in [0.1, 0.15) is 45.4 Å². The fourth-order valence-electron chi connectivity index (χ4n) is 3.04. The molecule has 1 aliphatic rings. The van der Waals surface area contributed by atoms with Gasteiger partial charge in [-0.2, -0.15) is 0 Å². The first-order chi connectivity index (χ1) is 11.1. The van der Waals surface area contributed by atoms with Crippen LogP contribution in [0.15, 0.2) is 18.2 Å². The Kier molecular flexibility index (Phi) is 4.78. The van der Waals surface area contributed by atoms with Crippen LogP contribution in [0, 0.1) is 13.8 Å². The molecule has 1 aromatic carbocycles. The van der Waals surface area contributed by atoms with Crippen molar-refractivity contribution in [3.05, 3.63) is 45.5 Å². The molecule has 0 saturated heterocycles. The van der Waals surface area contributed by atoms with Gasteiger partial charge in [0, 0.05) is 30.0 Å². The average Bonchev–Trinajstić information content (AvgIpc) is 2.88. The number of thiazole rings is 1. The third kappa shape index (κ3) is 3.62. The van der Waals surface area contributed by atoms with Crippen molar-refractivity contribution in [2.75, 3.05) is 18.4 Å². The highest BCUT2D eigenvalue weighted by molar-refractivity contribution is 7.15. The van der Waals surface area contributed by atoms with E-state index in [1.54, 1.807) is 11.3 Å². The first-order valence-electron chi connectivity index (χ1n) is 8.16. The molecule has 23 heavy (non-hydrogen) atoms. The van der Waals surface area contributed by atoms with Crippen LogP contribution in [0.25, 0.3) is 0 Å². The number of hydrogen-bond donors (Lipinski definition) is 1. The van der Waals surface area contributed by atoms with Gasteiger partial charge in [0.25, 0.3) is 5.91 Å². The fraction of sp³-hybridized carbons (Fsp3) is 0.444. The van der Waals surface area contributed by atoms with Crippen LogP contribution in [-0.4, -0.2) is 28.9 Å². The molecule has 0 aliphatic carbocycles. The maximum Gasteiger partial charge on any atom is 0.257 e. The molecule has 0 bridgehead atoms. The van der Waals surface area contributed by atoms with Crippen molar-refractivity contribution in [2.24, 2.45) is 0 Å². The van der Waals surface area contributed by atoms with E-state index < -0.39 is 0 Å². The van der Waals surface area contributed by atoms with Crippen LogP contribution in [0.2, 0.25) is 0 Å². The SMILES string of the molecule is CCCN1CCc2nc(NC(=O)c3ccc(C)cc3C)sc2C1. The lowest BCUT2D eigenvalue weighted by atomic mass is 10.1. The normalized spacial score (nSPS) is 14.6. The number of fused-ring (bicyclic) bond motifs is 1. The maximum absolute atomic E-state index is 12.5. The molecule has 0 atom stereocenters. The summed E-state index contributed by atoms with van der Waals surface area (Å²) < 4.78 is 0. The van der Waals surface area contributed by atoms with Crippen LogP contribution >= 0.6 is 11.3 Å². The average molecular weight is 329 g/mol. The highest BCUT2D eigenvalue weighted by atomic mass is 32.1. The molecule has 0 saturated carbocycles. The van der Waals surface area contributed by atoms with Crippen LogP contribution < -0.4 is 5.32 Å². The summed E-state index contributed by atoms with van der Waals surface area (Å²) in [5.74, 6) is -0.0704. The van der Waals surface area contributed by atoms with Crippen molar-refractivity contribution < 1.29 is 4.79 Å². The molecule has 1 amide bonds. The Bertz CT molecular complexity index is 723. The van der Waals surface area contributed by atoms with E-state index in [-0.39, 0.29) is 5.91 Å². The van der Waals surface area contributed by atoms with Gasteiger partial charge in [0.05, 0.1) is 5.69 Å². The molecule has 0 radical (unpaired) electrons. The summed E-state index contributed by atoms with van der Waals surface area (Å²) in [5, 5.41) is 3.69. The number of aromatic nitrogens is 1. The van der Waals surface area contributed by atoms with Crippen LogP contribution in [0.4, 0.5) is 5.13 Å². The number of anilines is 1. The zero-order valence-electron chi connectivity index (χ0n) is 14.0. The molecule has 1 aliphatic heterocycles. The lowest BCUT2D eigenvalue weighted by molar-refractivity contribution is 0.102. The van der Waals surface area contributed by atoms with Crippen LogP contribution in [-0.2, 0) is 13.0 Å². The number of benzene rings is 1. The summed E-state index contributed by atoms with van der Waals surface area (Å²) in [4.78, 5) is 20.8. The van der Waals surface area contributed by atoms with Crippen molar-refractivity contribution in [3.8, 4) is 0 Å². The molecule has 0 spiro atoms. The number of nitrogens with zero attached hydrogens (tertiary/aromatic N) is 2. The Labute approximate surface area is 141 Å². The van der Waals surface area contributed by atoms with Gasteiger partial charge in [-0.1, -0.05) is 24.6 Å². The van der Waals surface area contributed by atoms with Gasteiger partial charge in [-0.15, -0.1) is 11.3 Å². The van der Waals surface area contributed by atoms with E-state index in [0.29, 0.717) is 0 Å². The van der Waals surface area contributed by atoms with Crippen molar-refractivity contribution in [1.29, 1.82) is 0 Å². The summed E-state index contributed by atoms with van der Waals surface area (Å²) in [6.07, 6.45) is 2.15. The smallest absolute Gasteiger partial charge is 0.257 e. The number of amides is 1. The predicted octanol–water partition coefficient (Wildman–Crippen LogP) is 3.78. The standard InChI is InChI=1S/C18H23N3OS/c1-4-8-21-9-7-15-16(11-21)23-18(19-15)20-17(22)14-6-5-12(2)10-13(14)3/h5-6,10H,4,7-9,11H2,1-3H3,(H,19,20,22). The second-order valence-corrected chi connectivity index (χ2v) is 7.27. The highest BCUT2D eigenvalue weighted by Gasteiger charge is 2.21. The van der Waals surface area contributed by atoms with Crippen molar-refractivity contribution in [2.45, 2.75) is 40.2 Å². The van der Waals surface area contributed by atoms with E-state index in [9.17, 15) is 4.79 Å². The zero-order valence-corrected chi connectivity index (χ0v) is 14.8. The minimum absolute atomic E-state index is 0.0704. The number of carbonyl (C=O) groups is 1. The third-order valence-corrected chi connectivity index (χ3v) is 5.19. The quantitative estimate of drug-likeness (QED) is 0.928. The lowest BCUT2D eigenvalue weighted by Crippen LogP contribution is -2.30. The number of carbonyl (C=O) groups excluding carboxylic acids is 1. The Hall–Kier alpha value is -1.72. The van der Waals surface area contributed by atoms with Gasteiger partial charge in [-0.25, -0.2) is 4.98 Å². The van der Waals surface area contributed by atoms with Gasteiger partial charge in [0.2, 0.25) is 0 Å². The second-order valence-electron chi connectivity index (χ2n) is 6.19. The maximum atomic E-state index is 12.5. The highest BCUT2D eigenvalue weighted by Crippen LogP contribution is 2.28. The van der Waals surface area contributed by atoms with E-state index in [2.05, 4.69) is 22.1 Å². The van der Waals surface area contributed by atoms with Crippen molar-refractivity contribution in [3.63, 3.8) is 0 Å². The lowest BCUT2D eigenvalue weighted by Gasteiger charge is -2.24. The summed E-state index contributed by atoms with van der Waals surface area (Å²) in [7, 11) is 0. The van der Waals surface area contributed by atoms with Gasteiger partial charge >= 0.3 is 0 Å². The molecule has 1 aromatic heterocycles. The monoisotopic (exact) mass is 329 g/mol. The molecular formula is C18H23N3OS. The molecule has 1 N–H and O–H groups in total. The van der Waals surface area contributed by atoms with Crippen LogP contribution in [0.5, 0.6) is 0 Å². The fourth-order valence-corrected chi connectivity index (χ4v) is 4.09. The Morgan fingerprint density at radius 2 is 2.22 bits per heavy atom. The minimum Gasteiger partial charge on any atom is -0.298 e. The minimum atomic E-state index is -0.0704.